The summed E-state index contributed by atoms with van der Waals surface area (Å²) in [6.07, 6.45) is 3.76. The van der Waals surface area contributed by atoms with Gasteiger partial charge in [0.05, 0.1) is 27.4 Å². The van der Waals surface area contributed by atoms with E-state index in [-0.39, 0.29) is 11.8 Å². The predicted octanol–water partition coefficient (Wildman–Crippen LogP) is 4.74. The van der Waals surface area contributed by atoms with E-state index in [1.54, 1.807) is 14.2 Å². The van der Waals surface area contributed by atoms with E-state index in [1.807, 2.05) is 0 Å². The molecule has 1 heterocycles. The molecular weight excluding hydrogens is 352 g/mol. The van der Waals surface area contributed by atoms with E-state index in [1.165, 1.54) is 30.4 Å². The molecule has 148 valence electrons. The van der Waals surface area contributed by atoms with Crippen molar-refractivity contribution in [3.05, 3.63) is 59.7 Å². The largest absolute Gasteiger partial charge is 0.497 e. The Morgan fingerprint density at radius 3 is 1.54 bits per heavy atom. The van der Waals surface area contributed by atoms with E-state index in [2.05, 4.69) is 48.5 Å². The lowest BCUT2D eigenvalue weighted by Crippen LogP contribution is -2.40. The van der Waals surface area contributed by atoms with Crippen molar-refractivity contribution < 1.29 is 18.9 Å². The summed E-state index contributed by atoms with van der Waals surface area (Å²) in [4.78, 5) is 0. The van der Waals surface area contributed by atoms with E-state index in [9.17, 15) is 0 Å². The van der Waals surface area contributed by atoms with Crippen LogP contribution in [0.4, 0.5) is 0 Å². The predicted molar refractivity (Wildman–Crippen MR) is 107 cm³/mol. The maximum absolute atomic E-state index is 6.50. The van der Waals surface area contributed by atoms with Crippen LogP contribution in [0.1, 0.15) is 42.2 Å². The van der Waals surface area contributed by atoms with Gasteiger partial charge in [-0.2, -0.15) is 0 Å². The number of methoxy groups -OCH3 is 2. The SMILES string of the molecule is COc1ccc(C2C3CCCC3C(c3ccc(OC)cc3)C23OCCO3)cc1. The van der Waals surface area contributed by atoms with Crippen LogP contribution in [0, 0.1) is 11.8 Å². The highest BCUT2D eigenvalue weighted by molar-refractivity contribution is 5.39. The lowest BCUT2D eigenvalue weighted by atomic mass is 9.82. The summed E-state index contributed by atoms with van der Waals surface area (Å²) in [6, 6.07) is 17.0. The first-order chi connectivity index (χ1) is 13.8. The highest BCUT2D eigenvalue weighted by atomic mass is 16.7. The molecule has 2 aromatic rings. The highest BCUT2D eigenvalue weighted by Gasteiger charge is 2.65. The van der Waals surface area contributed by atoms with Crippen molar-refractivity contribution in [3.8, 4) is 11.5 Å². The Morgan fingerprint density at radius 2 is 1.14 bits per heavy atom. The van der Waals surface area contributed by atoms with Crippen molar-refractivity contribution in [2.24, 2.45) is 11.8 Å². The molecular formula is C24H28O4. The van der Waals surface area contributed by atoms with Gasteiger partial charge in [-0.3, -0.25) is 0 Å². The minimum atomic E-state index is -0.571. The standard InChI is InChI=1S/C24H28O4/c1-25-18-10-6-16(7-11-18)22-20-4-3-5-21(20)23(24(22)27-14-15-28-24)17-8-12-19(26-2)13-9-17/h6-13,20-23H,3-5,14-15H2,1-2H3. The molecule has 5 rings (SSSR count). The molecule has 3 aliphatic rings. The zero-order valence-electron chi connectivity index (χ0n) is 16.6. The summed E-state index contributed by atoms with van der Waals surface area (Å²) in [5, 5.41) is 0. The van der Waals surface area contributed by atoms with Crippen LogP contribution in [0.2, 0.25) is 0 Å². The van der Waals surface area contributed by atoms with Crippen molar-refractivity contribution in [3.63, 3.8) is 0 Å². The molecule has 4 atom stereocenters. The van der Waals surface area contributed by atoms with Crippen LogP contribution in [0.3, 0.4) is 0 Å². The average Bonchev–Trinajstić information content (AvgIpc) is 3.46. The Hall–Kier alpha value is -2.04. The third-order valence-corrected chi connectivity index (χ3v) is 7.04. The summed E-state index contributed by atoms with van der Waals surface area (Å²) >= 11 is 0. The summed E-state index contributed by atoms with van der Waals surface area (Å²) < 4.78 is 23.7. The fourth-order valence-corrected chi connectivity index (χ4v) is 6.02. The molecule has 0 radical (unpaired) electrons. The van der Waals surface area contributed by atoms with Gasteiger partial charge in [0.1, 0.15) is 11.5 Å². The first-order valence-electron chi connectivity index (χ1n) is 10.3. The van der Waals surface area contributed by atoms with Gasteiger partial charge in [0.25, 0.3) is 0 Å². The van der Waals surface area contributed by atoms with Gasteiger partial charge in [0.15, 0.2) is 5.79 Å². The molecule has 0 amide bonds. The Kier molecular flexibility index (Phi) is 4.56. The molecule has 0 aromatic heterocycles. The summed E-state index contributed by atoms with van der Waals surface area (Å²) in [5.41, 5.74) is 2.60. The highest BCUT2D eigenvalue weighted by Crippen LogP contribution is 2.65. The Balaban J connectivity index is 1.60. The molecule has 28 heavy (non-hydrogen) atoms. The van der Waals surface area contributed by atoms with E-state index < -0.39 is 5.79 Å². The van der Waals surface area contributed by atoms with Crippen LogP contribution in [-0.4, -0.2) is 33.2 Å². The molecule has 1 saturated heterocycles. The van der Waals surface area contributed by atoms with Gasteiger partial charge >= 0.3 is 0 Å². The zero-order chi connectivity index (χ0) is 19.1. The monoisotopic (exact) mass is 380 g/mol. The fourth-order valence-electron chi connectivity index (χ4n) is 6.02. The summed E-state index contributed by atoms with van der Waals surface area (Å²) in [6.45, 7) is 1.33. The molecule has 1 spiro atoms. The molecule has 4 unspecified atom stereocenters. The number of benzene rings is 2. The first kappa shape index (κ1) is 18.0. The second-order valence-corrected chi connectivity index (χ2v) is 8.18. The second kappa shape index (κ2) is 7.09. The van der Waals surface area contributed by atoms with Crippen LogP contribution >= 0.6 is 0 Å². The minimum absolute atomic E-state index is 0.250. The van der Waals surface area contributed by atoms with Crippen molar-refractivity contribution in [1.82, 2.24) is 0 Å². The molecule has 4 nitrogen and oxygen atoms in total. The summed E-state index contributed by atoms with van der Waals surface area (Å²) in [7, 11) is 3.42. The van der Waals surface area contributed by atoms with E-state index in [0.717, 1.165) is 11.5 Å². The Morgan fingerprint density at radius 1 is 0.714 bits per heavy atom. The maximum Gasteiger partial charge on any atom is 0.182 e. The lowest BCUT2D eigenvalue weighted by Gasteiger charge is -2.37. The van der Waals surface area contributed by atoms with Gasteiger partial charge in [0.2, 0.25) is 0 Å². The van der Waals surface area contributed by atoms with Crippen LogP contribution in [0.25, 0.3) is 0 Å². The number of ether oxygens (including phenoxy) is 4. The zero-order valence-corrected chi connectivity index (χ0v) is 16.6. The number of rotatable bonds is 4. The van der Waals surface area contributed by atoms with E-state index in [0.29, 0.717) is 25.0 Å². The Labute approximate surface area is 166 Å². The fraction of sp³-hybridized carbons (Fsp3) is 0.500. The van der Waals surface area contributed by atoms with Crippen molar-refractivity contribution >= 4 is 0 Å². The molecule has 0 bridgehead atoms. The van der Waals surface area contributed by atoms with E-state index in [4.69, 9.17) is 18.9 Å². The second-order valence-electron chi connectivity index (χ2n) is 8.18. The summed E-state index contributed by atoms with van der Waals surface area (Å²) in [5.74, 6) is 2.87. The molecule has 2 saturated carbocycles. The number of hydrogen-bond donors (Lipinski definition) is 0. The average molecular weight is 380 g/mol. The van der Waals surface area contributed by atoms with Gasteiger partial charge in [-0.25, -0.2) is 0 Å². The van der Waals surface area contributed by atoms with Crippen LogP contribution in [0.15, 0.2) is 48.5 Å². The van der Waals surface area contributed by atoms with Crippen molar-refractivity contribution in [1.29, 1.82) is 0 Å². The van der Waals surface area contributed by atoms with Crippen LogP contribution < -0.4 is 9.47 Å². The van der Waals surface area contributed by atoms with Gasteiger partial charge in [0, 0.05) is 11.8 Å². The third kappa shape index (κ3) is 2.66. The van der Waals surface area contributed by atoms with Gasteiger partial charge in [-0.15, -0.1) is 0 Å². The van der Waals surface area contributed by atoms with Gasteiger partial charge < -0.3 is 18.9 Å². The van der Waals surface area contributed by atoms with Crippen LogP contribution in [-0.2, 0) is 9.47 Å². The molecule has 4 heteroatoms. The van der Waals surface area contributed by atoms with Crippen molar-refractivity contribution in [2.45, 2.75) is 36.9 Å². The first-order valence-corrected chi connectivity index (χ1v) is 10.3. The molecule has 1 aliphatic heterocycles. The minimum Gasteiger partial charge on any atom is -0.497 e. The smallest absolute Gasteiger partial charge is 0.182 e. The van der Waals surface area contributed by atoms with Gasteiger partial charge in [-0.05, 0) is 60.1 Å². The third-order valence-electron chi connectivity index (χ3n) is 7.04. The molecule has 3 fully saturated rings. The van der Waals surface area contributed by atoms with Gasteiger partial charge in [-0.1, -0.05) is 30.7 Å². The van der Waals surface area contributed by atoms with Crippen LogP contribution in [0.5, 0.6) is 11.5 Å². The normalized spacial score (nSPS) is 30.5. The molecule has 2 aliphatic carbocycles. The Bertz CT molecular complexity index is 744. The van der Waals surface area contributed by atoms with E-state index >= 15 is 0 Å². The molecule has 2 aromatic carbocycles. The number of fused-ring (bicyclic) bond motifs is 1. The quantitative estimate of drug-likeness (QED) is 0.767. The van der Waals surface area contributed by atoms with Crippen molar-refractivity contribution in [2.75, 3.05) is 27.4 Å². The lowest BCUT2D eigenvalue weighted by molar-refractivity contribution is -0.180. The maximum atomic E-state index is 6.50. The topological polar surface area (TPSA) is 36.9 Å². The molecule has 0 N–H and O–H groups in total. The number of hydrogen-bond acceptors (Lipinski definition) is 4.